The maximum atomic E-state index is 12.2. The Hall–Kier alpha value is -1.99. The molecule has 1 N–H and O–H groups in total. The van der Waals surface area contributed by atoms with Crippen LogP contribution in [0, 0.1) is 6.92 Å². The molecule has 3 heterocycles. The van der Waals surface area contributed by atoms with Crippen LogP contribution >= 0.6 is 11.3 Å². The van der Waals surface area contributed by atoms with E-state index < -0.39 is 0 Å². The second kappa shape index (κ2) is 7.52. The molecule has 2 atom stereocenters. The highest BCUT2D eigenvalue weighted by Gasteiger charge is 2.29. The molecular weight excluding hydrogens is 314 g/mol. The molecule has 3 rings (SSSR count). The average Bonchev–Trinajstić information content (AvgIpc) is 3.04. The van der Waals surface area contributed by atoms with Gasteiger partial charge in [0.05, 0.1) is 43.1 Å². The Labute approximate surface area is 138 Å². The van der Waals surface area contributed by atoms with Gasteiger partial charge < -0.3 is 14.8 Å². The molecule has 2 aromatic heterocycles. The smallest absolute Gasteiger partial charge is 0.226 e. The molecule has 1 aliphatic heterocycles. The molecule has 0 spiro atoms. The summed E-state index contributed by atoms with van der Waals surface area (Å²) in [4.78, 5) is 20.5. The summed E-state index contributed by atoms with van der Waals surface area (Å²) in [5.41, 5.74) is 3.45. The Bertz CT molecular complexity index is 631. The summed E-state index contributed by atoms with van der Waals surface area (Å²) in [6.45, 7) is 3.01. The lowest BCUT2D eigenvalue weighted by Gasteiger charge is -2.32. The maximum Gasteiger partial charge on any atom is 0.226 e. The van der Waals surface area contributed by atoms with Crippen molar-refractivity contribution in [3.8, 4) is 5.75 Å². The zero-order valence-corrected chi connectivity index (χ0v) is 13.7. The molecule has 1 aliphatic rings. The summed E-state index contributed by atoms with van der Waals surface area (Å²) in [6, 6.07) is 3.63. The molecular formula is C16H19N3O3S. The lowest BCUT2D eigenvalue weighted by atomic mass is 10.1. The molecule has 0 aromatic carbocycles. The van der Waals surface area contributed by atoms with Gasteiger partial charge in [0.1, 0.15) is 11.9 Å². The molecule has 0 saturated carbocycles. The van der Waals surface area contributed by atoms with Crippen LogP contribution in [0.5, 0.6) is 5.75 Å². The van der Waals surface area contributed by atoms with Crippen LogP contribution < -0.4 is 10.1 Å². The van der Waals surface area contributed by atoms with Gasteiger partial charge in [-0.2, -0.15) is 0 Å². The van der Waals surface area contributed by atoms with Gasteiger partial charge in [0.25, 0.3) is 0 Å². The number of ether oxygens (including phenoxy) is 2. The standard InChI is InChI=1S/C16H19N3O3S/c1-11-2-3-13(7-17-11)22-15-4-5-21-8-14(15)19-16(20)6-12-9-23-10-18-12/h2-3,7,9-10,14-15H,4-6,8H2,1H3,(H,19,20)/t14-,15+/m0/s1. The van der Waals surface area contributed by atoms with Gasteiger partial charge >= 0.3 is 0 Å². The van der Waals surface area contributed by atoms with Crippen LogP contribution in [0.1, 0.15) is 17.8 Å². The minimum Gasteiger partial charge on any atom is -0.486 e. The number of amides is 1. The van der Waals surface area contributed by atoms with Crippen molar-refractivity contribution in [2.75, 3.05) is 13.2 Å². The molecule has 1 saturated heterocycles. The molecule has 0 aliphatic carbocycles. The molecule has 2 aromatic rings. The van der Waals surface area contributed by atoms with Gasteiger partial charge in [-0.3, -0.25) is 9.78 Å². The van der Waals surface area contributed by atoms with Gasteiger partial charge in [-0.1, -0.05) is 0 Å². The highest BCUT2D eigenvalue weighted by Crippen LogP contribution is 2.18. The zero-order valence-electron chi connectivity index (χ0n) is 12.9. The van der Waals surface area contributed by atoms with E-state index in [-0.39, 0.29) is 24.5 Å². The average molecular weight is 333 g/mol. The van der Waals surface area contributed by atoms with E-state index in [2.05, 4.69) is 15.3 Å². The Kier molecular flexibility index (Phi) is 5.19. The van der Waals surface area contributed by atoms with Gasteiger partial charge in [0, 0.05) is 17.5 Å². The first-order chi connectivity index (χ1) is 11.2. The Morgan fingerprint density at radius 2 is 2.39 bits per heavy atom. The third-order valence-electron chi connectivity index (χ3n) is 3.64. The minimum atomic E-state index is -0.170. The molecule has 0 unspecified atom stereocenters. The summed E-state index contributed by atoms with van der Waals surface area (Å²) < 4.78 is 11.5. The molecule has 1 fully saturated rings. The molecule has 1 amide bonds. The van der Waals surface area contributed by atoms with Crippen molar-refractivity contribution in [3.05, 3.63) is 40.6 Å². The van der Waals surface area contributed by atoms with E-state index in [1.54, 1.807) is 11.7 Å². The highest BCUT2D eigenvalue weighted by molar-refractivity contribution is 7.07. The van der Waals surface area contributed by atoms with Crippen LogP contribution in [-0.2, 0) is 16.0 Å². The van der Waals surface area contributed by atoms with Crippen LogP contribution in [0.3, 0.4) is 0 Å². The number of nitrogens with zero attached hydrogens (tertiary/aromatic N) is 2. The van der Waals surface area contributed by atoms with Crippen molar-refractivity contribution in [2.24, 2.45) is 0 Å². The van der Waals surface area contributed by atoms with E-state index in [1.807, 2.05) is 24.4 Å². The fraction of sp³-hybridized carbons (Fsp3) is 0.438. The number of aryl methyl sites for hydroxylation is 1. The molecule has 0 bridgehead atoms. The normalized spacial score (nSPS) is 20.9. The van der Waals surface area contributed by atoms with Gasteiger partial charge in [-0.15, -0.1) is 11.3 Å². The Morgan fingerprint density at radius 3 is 3.13 bits per heavy atom. The topological polar surface area (TPSA) is 73.3 Å². The molecule has 0 radical (unpaired) electrons. The lowest BCUT2D eigenvalue weighted by Crippen LogP contribution is -2.52. The predicted octanol–water partition coefficient (Wildman–Crippen LogP) is 1.74. The van der Waals surface area contributed by atoms with Gasteiger partial charge in [-0.05, 0) is 19.1 Å². The number of hydrogen-bond donors (Lipinski definition) is 1. The third-order valence-corrected chi connectivity index (χ3v) is 4.27. The summed E-state index contributed by atoms with van der Waals surface area (Å²) in [5, 5.41) is 4.87. The maximum absolute atomic E-state index is 12.2. The SMILES string of the molecule is Cc1ccc(O[C@@H]2CCOC[C@@H]2NC(=O)Cc2cscn2)cn1. The number of carbonyl (C=O) groups is 1. The first kappa shape index (κ1) is 15.9. The van der Waals surface area contributed by atoms with Gasteiger partial charge in [0.15, 0.2) is 0 Å². The largest absolute Gasteiger partial charge is 0.486 e. The fourth-order valence-electron chi connectivity index (χ4n) is 2.44. The summed E-state index contributed by atoms with van der Waals surface area (Å²) in [6.07, 6.45) is 2.60. The van der Waals surface area contributed by atoms with Crippen molar-refractivity contribution in [3.63, 3.8) is 0 Å². The van der Waals surface area contributed by atoms with Crippen molar-refractivity contribution in [2.45, 2.75) is 31.9 Å². The van der Waals surface area contributed by atoms with Crippen molar-refractivity contribution in [1.29, 1.82) is 0 Å². The predicted molar refractivity (Wildman–Crippen MR) is 86.6 cm³/mol. The van der Waals surface area contributed by atoms with Crippen LogP contribution in [0.2, 0.25) is 0 Å². The molecule has 122 valence electrons. The monoisotopic (exact) mass is 333 g/mol. The van der Waals surface area contributed by atoms with E-state index in [9.17, 15) is 4.79 Å². The van der Waals surface area contributed by atoms with E-state index >= 15 is 0 Å². The first-order valence-electron chi connectivity index (χ1n) is 7.54. The Balaban J connectivity index is 1.59. The van der Waals surface area contributed by atoms with E-state index in [0.717, 1.165) is 17.8 Å². The van der Waals surface area contributed by atoms with E-state index in [4.69, 9.17) is 9.47 Å². The number of aromatic nitrogens is 2. The fourth-order valence-corrected chi connectivity index (χ4v) is 3.00. The second-order valence-electron chi connectivity index (χ2n) is 5.49. The zero-order chi connectivity index (χ0) is 16.1. The molecule has 6 nitrogen and oxygen atoms in total. The number of thiazole rings is 1. The summed E-state index contributed by atoms with van der Waals surface area (Å²) in [5.74, 6) is 0.642. The van der Waals surface area contributed by atoms with E-state index in [0.29, 0.717) is 19.0 Å². The van der Waals surface area contributed by atoms with Crippen LogP contribution in [0.4, 0.5) is 0 Å². The number of pyridine rings is 1. The molecule has 23 heavy (non-hydrogen) atoms. The van der Waals surface area contributed by atoms with Crippen molar-refractivity contribution < 1.29 is 14.3 Å². The number of nitrogens with one attached hydrogen (secondary N) is 1. The van der Waals surface area contributed by atoms with E-state index in [1.165, 1.54) is 11.3 Å². The van der Waals surface area contributed by atoms with Crippen molar-refractivity contribution >= 4 is 17.2 Å². The number of rotatable bonds is 5. The highest BCUT2D eigenvalue weighted by atomic mass is 32.1. The second-order valence-corrected chi connectivity index (χ2v) is 6.20. The van der Waals surface area contributed by atoms with Crippen LogP contribution in [-0.4, -0.2) is 41.2 Å². The molecule has 7 heteroatoms. The number of hydrogen-bond acceptors (Lipinski definition) is 6. The first-order valence-corrected chi connectivity index (χ1v) is 8.48. The van der Waals surface area contributed by atoms with Gasteiger partial charge in [-0.25, -0.2) is 4.98 Å². The summed E-state index contributed by atoms with van der Waals surface area (Å²) in [7, 11) is 0. The summed E-state index contributed by atoms with van der Waals surface area (Å²) >= 11 is 1.48. The minimum absolute atomic E-state index is 0.0676. The van der Waals surface area contributed by atoms with Crippen LogP contribution in [0.25, 0.3) is 0 Å². The lowest BCUT2D eigenvalue weighted by molar-refractivity contribution is -0.123. The Morgan fingerprint density at radius 1 is 1.48 bits per heavy atom. The quantitative estimate of drug-likeness (QED) is 0.902. The number of carbonyl (C=O) groups excluding carboxylic acids is 1. The van der Waals surface area contributed by atoms with Gasteiger partial charge in [0.2, 0.25) is 5.91 Å². The van der Waals surface area contributed by atoms with Crippen molar-refractivity contribution in [1.82, 2.24) is 15.3 Å². The van der Waals surface area contributed by atoms with Crippen LogP contribution in [0.15, 0.2) is 29.2 Å². The third kappa shape index (κ3) is 4.49.